The lowest BCUT2D eigenvalue weighted by atomic mass is 10.1. The SMILES string of the molecule is CCOc1ccc(OCc2cccc(C(=O)Nc3nn(Cc4ccc(Cl)cc4Cl)cc3Br)c2)cc1. The summed E-state index contributed by atoms with van der Waals surface area (Å²) in [6.45, 7) is 3.32. The van der Waals surface area contributed by atoms with Gasteiger partial charge in [-0.2, -0.15) is 5.10 Å². The number of halogens is 3. The zero-order valence-electron chi connectivity index (χ0n) is 18.8. The number of aromatic nitrogens is 2. The minimum atomic E-state index is -0.275. The van der Waals surface area contributed by atoms with E-state index in [0.29, 0.717) is 45.7 Å². The monoisotopic (exact) mass is 573 g/mol. The van der Waals surface area contributed by atoms with Gasteiger partial charge in [0.05, 0.1) is 17.6 Å². The lowest BCUT2D eigenvalue weighted by Crippen LogP contribution is -2.13. The maximum atomic E-state index is 12.9. The first-order valence-corrected chi connectivity index (χ1v) is 12.4. The van der Waals surface area contributed by atoms with Gasteiger partial charge < -0.3 is 14.8 Å². The second-order valence-corrected chi connectivity index (χ2v) is 9.30. The first-order chi connectivity index (χ1) is 16.9. The van der Waals surface area contributed by atoms with Crippen molar-refractivity contribution in [3.63, 3.8) is 0 Å². The van der Waals surface area contributed by atoms with Gasteiger partial charge in [-0.3, -0.25) is 9.48 Å². The molecule has 3 aromatic carbocycles. The Balaban J connectivity index is 1.39. The molecule has 180 valence electrons. The van der Waals surface area contributed by atoms with Crippen molar-refractivity contribution in [3.8, 4) is 11.5 Å². The molecule has 0 fully saturated rings. The number of nitrogens with one attached hydrogen (secondary N) is 1. The summed E-state index contributed by atoms with van der Waals surface area (Å²) in [5.41, 5.74) is 2.23. The van der Waals surface area contributed by atoms with E-state index in [9.17, 15) is 4.79 Å². The van der Waals surface area contributed by atoms with Crippen LogP contribution in [0.15, 0.2) is 77.4 Å². The molecule has 1 heterocycles. The highest BCUT2D eigenvalue weighted by Crippen LogP contribution is 2.25. The van der Waals surface area contributed by atoms with Gasteiger partial charge in [0.1, 0.15) is 18.1 Å². The van der Waals surface area contributed by atoms with Crippen LogP contribution in [0.3, 0.4) is 0 Å². The van der Waals surface area contributed by atoms with Crippen molar-refractivity contribution in [2.24, 2.45) is 0 Å². The van der Waals surface area contributed by atoms with E-state index >= 15 is 0 Å². The Labute approximate surface area is 221 Å². The average molecular weight is 575 g/mol. The van der Waals surface area contributed by atoms with E-state index in [2.05, 4.69) is 26.3 Å². The van der Waals surface area contributed by atoms with Crippen LogP contribution in [0.1, 0.15) is 28.4 Å². The largest absolute Gasteiger partial charge is 0.494 e. The van der Waals surface area contributed by atoms with Gasteiger partial charge in [0.2, 0.25) is 0 Å². The Hall–Kier alpha value is -3.00. The number of benzene rings is 3. The van der Waals surface area contributed by atoms with Crippen LogP contribution in [-0.4, -0.2) is 22.3 Å². The standard InChI is InChI=1S/C26H22BrCl2N3O3/c1-2-34-21-8-10-22(11-9-21)35-16-17-4-3-5-18(12-17)26(33)30-25-23(27)15-32(31-25)14-19-6-7-20(28)13-24(19)29/h3-13,15H,2,14,16H2,1H3,(H,30,31,33). The van der Waals surface area contributed by atoms with E-state index < -0.39 is 0 Å². The topological polar surface area (TPSA) is 65.4 Å². The fraction of sp³-hybridized carbons (Fsp3) is 0.154. The van der Waals surface area contributed by atoms with Crippen LogP contribution in [0.2, 0.25) is 10.0 Å². The minimum absolute atomic E-state index is 0.275. The Morgan fingerprint density at radius 1 is 1.03 bits per heavy atom. The molecule has 1 aromatic heterocycles. The molecule has 4 rings (SSSR count). The minimum Gasteiger partial charge on any atom is -0.494 e. The molecule has 0 unspecified atom stereocenters. The molecule has 9 heteroatoms. The van der Waals surface area contributed by atoms with E-state index in [-0.39, 0.29) is 5.91 Å². The van der Waals surface area contributed by atoms with Crippen molar-refractivity contribution in [2.75, 3.05) is 11.9 Å². The molecule has 0 aliphatic carbocycles. The van der Waals surface area contributed by atoms with E-state index in [4.69, 9.17) is 32.7 Å². The van der Waals surface area contributed by atoms with Crippen LogP contribution < -0.4 is 14.8 Å². The molecule has 0 aliphatic rings. The summed E-state index contributed by atoms with van der Waals surface area (Å²) in [6, 6.07) is 20.0. The lowest BCUT2D eigenvalue weighted by molar-refractivity contribution is 0.102. The van der Waals surface area contributed by atoms with Gasteiger partial charge in [-0.15, -0.1) is 0 Å². The lowest BCUT2D eigenvalue weighted by Gasteiger charge is -2.09. The predicted molar refractivity (Wildman–Crippen MR) is 142 cm³/mol. The first-order valence-electron chi connectivity index (χ1n) is 10.8. The van der Waals surface area contributed by atoms with Gasteiger partial charge in [0, 0.05) is 21.8 Å². The smallest absolute Gasteiger partial charge is 0.256 e. The first kappa shape index (κ1) is 25.1. The molecule has 0 saturated heterocycles. The van der Waals surface area contributed by atoms with Crippen molar-refractivity contribution in [3.05, 3.63) is 104 Å². The summed E-state index contributed by atoms with van der Waals surface area (Å²) < 4.78 is 13.6. The van der Waals surface area contributed by atoms with E-state index in [1.165, 1.54) is 0 Å². The molecule has 6 nitrogen and oxygen atoms in total. The number of hydrogen-bond acceptors (Lipinski definition) is 4. The Morgan fingerprint density at radius 3 is 2.49 bits per heavy atom. The molecule has 0 bridgehead atoms. The Morgan fingerprint density at radius 2 is 1.77 bits per heavy atom. The summed E-state index contributed by atoms with van der Waals surface area (Å²) in [5, 5.41) is 8.44. The molecule has 0 radical (unpaired) electrons. The second kappa shape index (κ2) is 11.6. The highest BCUT2D eigenvalue weighted by atomic mass is 79.9. The summed E-state index contributed by atoms with van der Waals surface area (Å²) in [7, 11) is 0. The van der Waals surface area contributed by atoms with Gasteiger partial charge >= 0.3 is 0 Å². The third-order valence-corrected chi connectivity index (χ3v) is 6.19. The third-order valence-electron chi connectivity index (χ3n) is 5.03. The average Bonchev–Trinajstić information content (AvgIpc) is 3.19. The quantitative estimate of drug-likeness (QED) is 0.229. The second-order valence-electron chi connectivity index (χ2n) is 7.61. The van der Waals surface area contributed by atoms with Crippen LogP contribution in [0.4, 0.5) is 5.82 Å². The maximum absolute atomic E-state index is 12.9. The molecule has 0 saturated carbocycles. The van der Waals surface area contributed by atoms with E-state index in [1.54, 1.807) is 35.1 Å². The molecular weight excluding hydrogens is 553 g/mol. The van der Waals surface area contributed by atoms with E-state index in [0.717, 1.165) is 22.6 Å². The van der Waals surface area contributed by atoms with Crippen LogP contribution in [-0.2, 0) is 13.2 Å². The molecule has 0 atom stereocenters. The number of carbonyl (C=O) groups excluding carboxylic acids is 1. The van der Waals surface area contributed by atoms with Crippen LogP contribution >= 0.6 is 39.1 Å². The molecule has 0 spiro atoms. The maximum Gasteiger partial charge on any atom is 0.256 e. The molecule has 4 aromatic rings. The summed E-state index contributed by atoms with van der Waals surface area (Å²) in [4.78, 5) is 12.9. The summed E-state index contributed by atoms with van der Waals surface area (Å²) in [5.74, 6) is 1.65. The number of nitrogens with zero attached hydrogens (tertiary/aromatic N) is 2. The van der Waals surface area contributed by atoms with E-state index in [1.807, 2.05) is 49.4 Å². The normalized spacial score (nSPS) is 10.7. The van der Waals surface area contributed by atoms with Crippen molar-refractivity contribution >= 4 is 50.9 Å². The number of carbonyl (C=O) groups is 1. The van der Waals surface area contributed by atoms with Gasteiger partial charge in [-0.25, -0.2) is 0 Å². The number of amides is 1. The van der Waals surface area contributed by atoms with Crippen LogP contribution in [0, 0.1) is 0 Å². The zero-order chi connectivity index (χ0) is 24.8. The predicted octanol–water partition coefficient (Wildman–Crippen LogP) is 7.23. The van der Waals surface area contributed by atoms with Gasteiger partial charge in [-0.1, -0.05) is 41.4 Å². The number of hydrogen-bond donors (Lipinski definition) is 1. The fourth-order valence-corrected chi connectivity index (χ4v) is 4.22. The molecule has 35 heavy (non-hydrogen) atoms. The Bertz CT molecular complexity index is 1330. The fourth-order valence-electron chi connectivity index (χ4n) is 3.33. The molecular formula is C26H22BrCl2N3O3. The van der Waals surface area contributed by atoms with Gasteiger partial charge in [0.25, 0.3) is 5.91 Å². The third kappa shape index (κ3) is 6.78. The summed E-state index contributed by atoms with van der Waals surface area (Å²) in [6.07, 6.45) is 1.78. The number of anilines is 1. The van der Waals surface area contributed by atoms with Crippen LogP contribution in [0.5, 0.6) is 11.5 Å². The Kier molecular flexibility index (Phi) is 8.33. The van der Waals surface area contributed by atoms with Gasteiger partial charge in [0.15, 0.2) is 5.82 Å². The molecule has 1 N–H and O–H groups in total. The molecule has 1 amide bonds. The number of rotatable bonds is 9. The highest BCUT2D eigenvalue weighted by Gasteiger charge is 2.14. The number of ether oxygens (including phenoxy) is 2. The van der Waals surface area contributed by atoms with Crippen molar-refractivity contribution in [2.45, 2.75) is 20.1 Å². The van der Waals surface area contributed by atoms with Gasteiger partial charge in [-0.05, 0) is 82.5 Å². The van der Waals surface area contributed by atoms with Crippen molar-refractivity contribution < 1.29 is 14.3 Å². The molecule has 0 aliphatic heterocycles. The zero-order valence-corrected chi connectivity index (χ0v) is 21.9. The van der Waals surface area contributed by atoms with Crippen LogP contribution in [0.25, 0.3) is 0 Å². The highest BCUT2D eigenvalue weighted by molar-refractivity contribution is 9.10. The van der Waals surface area contributed by atoms with Crippen molar-refractivity contribution in [1.29, 1.82) is 0 Å². The van der Waals surface area contributed by atoms with Crippen molar-refractivity contribution in [1.82, 2.24) is 9.78 Å². The summed E-state index contributed by atoms with van der Waals surface area (Å²) >= 11 is 15.7.